The molecule has 39 heavy (non-hydrogen) atoms. The molecule has 0 aliphatic carbocycles. The van der Waals surface area contributed by atoms with Gasteiger partial charge in [0.2, 0.25) is 11.4 Å². The molecule has 0 atom stereocenters. The second-order valence-electron chi connectivity index (χ2n) is 8.76. The van der Waals surface area contributed by atoms with Gasteiger partial charge < -0.3 is 4.42 Å². The normalized spacial score (nSPS) is 15.7. The molecule has 0 unspecified atom stereocenters. The number of fused-ring (bicyclic) bond motifs is 2. The Bertz CT molecular complexity index is 1920. The maximum Gasteiger partial charge on any atom is 0.264 e. The molecule has 194 valence electrons. The lowest BCUT2D eigenvalue weighted by Crippen LogP contribution is -2.32. The topological polar surface area (TPSA) is 110 Å². The van der Waals surface area contributed by atoms with Crippen LogP contribution in [0.25, 0.3) is 22.4 Å². The highest BCUT2D eigenvalue weighted by Gasteiger charge is 2.30. The lowest BCUT2D eigenvalue weighted by molar-refractivity contribution is 0.505. The molecule has 0 radical (unpaired) electrons. The molecule has 1 aliphatic rings. The third kappa shape index (κ3) is 5.31. The average molecular weight is 574 g/mol. The van der Waals surface area contributed by atoms with Gasteiger partial charge in [0.25, 0.3) is 10.0 Å². The first kappa shape index (κ1) is 25.3. The maximum absolute atomic E-state index is 13.2. The van der Waals surface area contributed by atoms with E-state index in [9.17, 15) is 8.42 Å². The number of thioether (sulfide) groups is 1. The van der Waals surface area contributed by atoms with Crippen molar-refractivity contribution < 1.29 is 12.8 Å². The van der Waals surface area contributed by atoms with Gasteiger partial charge in [0.05, 0.1) is 33.7 Å². The van der Waals surface area contributed by atoms with Crippen LogP contribution in [-0.4, -0.2) is 23.6 Å². The fourth-order valence-electron chi connectivity index (χ4n) is 3.97. The predicted octanol–water partition coefficient (Wildman–Crippen LogP) is 6.02. The number of nitrogens with zero attached hydrogens (tertiary/aromatic N) is 4. The van der Waals surface area contributed by atoms with Crippen LogP contribution in [0, 0.1) is 6.92 Å². The Morgan fingerprint density at radius 1 is 1.05 bits per heavy atom. The van der Waals surface area contributed by atoms with E-state index in [4.69, 9.17) is 21.0 Å². The van der Waals surface area contributed by atoms with Gasteiger partial charge in [-0.25, -0.2) is 18.4 Å². The van der Waals surface area contributed by atoms with Crippen LogP contribution in [0.3, 0.4) is 0 Å². The molecule has 3 aromatic carbocycles. The van der Waals surface area contributed by atoms with Crippen molar-refractivity contribution in [1.82, 2.24) is 14.7 Å². The minimum atomic E-state index is -3.92. The highest BCUT2D eigenvalue weighted by atomic mass is 35.5. The number of pyridine rings is 1. The predicted molar refractivity (Wildman–Crippen MR) is 152 cm³/mol. The number of halogens is 1. The summed E-state index contributed by atoms with van der Waals surface area (Å²) in [5.41, 5.74) is 4.00. The number of hydrogen-bond donors (Lipinski definition) is 1. The van der Waals surface area contributed by atoms with Crippen LogP contribution in [0.15, 0.2) is 109 Å². The molecule has 11 heteroatoms. The molecule has 1 aliphatic heterocycles. The number of nitrogens with one attached hydrogen (secondary N) is 1. The van der Waals surface area contributed by atoms with E-state index in [-0.39, 0.29) is 27.5 Å². The van der Waals surface area contributed by atoms with E-state index in [2.05, 4.69) is 19.7 Å². The van der Waals surface area contributed by atoms with E-state index in [0.29, 0.717) is 27.2 Å². The number of sulfonamides is 1. The largest absolute Gasteiger partial charge is 0.419 e. The second-order valence-corrected chi connectivity index (χ2v) is 11.8. The quantitative estimate of drug-likeness (QED) is 0.281. The molecule has 0 fully saturated rings. The zero-order valence-electron chi connectivity index (χ0n) is 20.5. The fraction of sp³-hybridized carbons (Fsp3) is 0.0714. The van der Waals surface area contributed by atoms with Gasteiger partial charge in [-0.15, -0.1) is 0 Å². The smallest absolute Gasteiger partial charge is 0.264 e. The number of benzene rings is 3. The van der Waals surface area contributed by atoms with Crippen LogP contribution in [0.2, 0.25) is 5.02 Å². The monoisotopic (exact) mass is 573 g/mol. The van der Waals surface area contributed by atoms with Crippen molar-refractivity contribution in [1.29, 1.82) is 0 Å². The van der Waals surface area contributed by atoms with Crippen LogP contribution in [0.1, 0.15) is 11.1 Å². The summed E-state index contributed by atoms with van der Waals surface area (Å²) >= 11 is 7.87. The van der Waals surface area contributed by atoms with Crippen LogP contribution in [-0.2, 0) is 16.6 Å². The van der Waals surface area contributed by atoms with Crippen LogP contribution < -0.4 is 10.3 Å². The van der Waals surface area contributed by atoms with Crippen molar-refractivity contribution >= 4 is 55.1 Å². The van der Waals surface area contributed by atoms with Crippen LogP contribution in [0.5, 0.6) is 0 Å². The SMILES string of the molecule is Cc1ccc(N=c2oc(-c3cc4c(cc3Cl)SC(=NCc3cccnc3)NS4(=O)=O)nc3ccccc23)cc1. The molecule has 0 bridgehead atoms. The Hall–Kier alpha value is -3.99. The Morgan fingerprint density at radius 2 is 1.87 bits per heavy atom. The van der Waals surface area contributed by atoms with Gasteiger partial charge in [-0.2, -0.15) is 0 Å². The minimum Gasteiger partial charge on any atom is -0.419 e. The van der Waals surface area contributed by atoms with Crippen molar-refractivity contribution in [2.45, 2.75) is 23.3 Å². The van der Waals surface area contributed by atoms with Crippen molar-refractivity contribution in [3.63, 3.8) is 0 Å². The lowest BCUT2D eigenvalue weighted by atomic mass is 10.2. The first-order chi connectivity index (χ1) is 18.9. The van der Waals surface area contributed by atoms with Crippen LogP contribution in [0.4, 0.5) is 5.69 Å². The summed E-state index contributed by atoms with van der Waals surface area (Å²) in [7, 11) is -3.92. The molecule has 0 amide bonds. The summed E-state index contributed by atoms with van der Waals surface area (Å²) in [4.78, 5) is 18.3. The summed E-state index contributed by atoms with van der Waals surface area (Å²) < 4.78 is 35.1. The first-order valence-corrected chi connectivity index (χ1v) is 14.5. The van der Waals surface area contributed by atoms with Crippen LogP contribution >= 0.6 is 23.4 Å². The molecule has 0 saturated heterocycles. The number of hydrogen-bond acceptors (Lipinski definition) is 8. The maximum atomic E-state index is 13.2. The van der Waals surface area contributed by atoms with E-state index in [1.807, 2.05) is 61.5 Å². The number of aryl methyl sites for hydroxylation is 1. The Kier molecular flexibility index (Phi) is 6.68. The van der Waals surface area contributed by atoms with Crippen molar-refractivity contribution in [2.75, 3.05) is 0 Å². The van der Waals surface area contributed by atoms with Crippen molar-refractivity contribution in [2.24, 2.45) is 9.98 Å². The third-order valence-corrected chi connectivity index (χ3v) is 8.86. The minimum absolute atomic E-state index is 0.0643. The molecule has 1 N–H and O–H groups in total. The zero-order valence-corrected chi connectivity index (χ0v) is 22.9. The Morgan fingerprint density at radius 3 is 2.67 bits per heavy atom. The molecule has 0 saturated carbocycles. The summed E-state index contributed by atoms with van der Waals surface area (Å²) in [6.45, 7) is 2.29. The number of para-hydroxylation sites is 1. The number of aromatic nitrogens is 2. The number of rotatable bonds is 4. The fourth-order valence-corrected chi connectivity index (χ4v) is 6.90. The van der Waals surface area contributed by atoms with Crippen molar-refractivity contribution in [3.8, 4) is 11.5 Å². The van der Waals surface area contributed by atoms with Gasteiger partial charge in [0, 0.05) is 17.3 Å². The van der Waals surface area contributed by atoms with Gasteiger partial charge in [-0.05, 0) is 55.0 Å². The van der Waals surface area contributed by atoms with Gasteiger partial charge in [0.1, 0.15) is 4.90 Å². The van der Waals surface area contributed by atoms with Gasteiger partial charge in [-0.1, -0.05) is 59.3 Å². The molecular weight excluding hydrogens is 554 g/mol. The van der Waals surface area contributed by atoms with E-state index in [1.54, 1.807) is 24.5 Å². The molecule has 0 spiro atoms. The molecule has 5 aromatic rings. The number of aliphatic imine (C=N–C) groups is 1. The van der Waals surface area contributed by atoms with E-state index >= 15 is 0 Å². The van der Waals surface area contributed by atoms with E-state index < -0.39 is 10.0 Å². The number of amidine groups is 1. The lowest BCUT2D eigenvalue weighted by Gasteiger charge is -2.20. The summed E-state index contributed by atoms with van der Waals surface area (Å²) in [5.74, 6) is 0.156. The molecule has 6 rings (SSSR count). The third-order valence-electron chi connectivity index (χ3n) is 5.92. The Balaban J connectivity index is 1.44. The highest BCUT2D eigenvalue weighted by Crippen LogP contribution is 2.39. The first-order valence-electron chi connectivity index (χ1n) is 11.8. The highest BCUT2D eigenvalue weighted by molar-refractivity contribution is 8.16. The summed E-state index contributed by atoms with van der Waals surface area (Å²) in [6.07, 6.45) is 3.35. The van der Waals surface area contributed by atoms with Gasteiger partial charge in [0.15, 0.2) is 5.17 Å². The molecule has 2 aromatic heterocycles. The Labute approximate surface area is 233 Å². The van der Waals surface area contributed by atoms with Gasteiger partial charge in [-0.3, -0.25) is 14.7 Å². The zero-order chi connectivity index (χ0) is 27.0. The van der Waals surface area contributed by atoms with E-state index in [0.717, 1.165) is 16.5 Å². The summed E-state index contributed by atoms with van der Waals surface area (Å²) in [6, 6.07) is 21.9. The summed E-state index contributed by atoms with van der Waals surface area (Å²) in [5, 5.41) is 1.26. The standard InChI is InChI=1S/C28H20ClN5O3S2/c1-17-8-10-19(11-9-17)32-26-20-6-2-3-7-23(20)33-27(37-26)21-13-25-24(14-22(21)29)38-28(34-39(25,35)36)31-16-18-5-4-12-30-15-18/h2-15H,16H2,1H3,(H,31,34). The van der Waals surface area contributed by atoms with Gasteiger partial charge >= 0.3 is 0 Å². The van der Waals surface area contributed by atoms with Crippen molar-refractivity contribution in [3.05, 3.63) is 107 Å². The second kappa shape index (κ2) is 10.3. The molecule has 3 heterocycles. The molecular formula is C28H20ClN5O3S2. The average Bonchev–Trinajstić information content (AvgIpc) is 2.93. The van der Waals surface area contributed by atoms with E-state index in [1.165, 1.54) is 17.8 Å². The molecule has 8 nitrogen and oxygen atoms in total.